The first-order chi connectivity index (χ1) is 16.2. The summed E-state index contributed by atoms with van der Waals surface area (Å²) in [6, 6.07) is 33.4. The third kappa shape index (κ3) is 6.47. The van der Waals surface area contributed by atoms with Crippen molar-refractivity contribution in [1.29, 1.82) is 0 Å². The quantitative estimate of drug-likeness (QED) is 0.277. The molecule has 4 aromatic rings. The molecule has 0 fully saturated rings. The van der Waals surface area contributed by atoms with E-state index in [0.717, 1.165) is 29.5 Å². The van der Waals surface area contributed by atoms with Crippen LogP contribution in [-0.4, -0.2) is 12.5 Å². The molecule has 0 aliphatic carbocycles. The Balaban J connectivity index is 1.49. The Morgan fingerprint density at radius 3 is 2.15 bits per heavy atom. The Kier molecular flexibility index (Phi) is 7.78. The van der Waals surface area contributed by atoms with Crippen molar-refractivity contribution in [2.45, 2.75) is 19.4 Å². The van der Waals surface area contributed by atoms with Crippen LogP contribution in [0, 0.1) is 0 Å². The van der Waals surface area contributed by atoms with Gasteiger partial charge in [0.2, 0.25) is 0 Å². The normalized spacial score (nSPS) is 10.6. The zero-order chi connectivity index (χ0) is 22.9. The summed E-state index contributed by atoms with van der Waals surface area (Å²) in [6.07, 6.45) is 1.79. The minimum atomic E-state index is -0.113. The van der Waals surface area contributed by atoms with Gasteiger partial charge in [0.1, 0.15) is 12.4 Å². The number of rotatable bonds is 9. The van der Waals surface area contributed by atoms with E-state index in [1.54, 1.807) is 0 Å². The van der Waals surface area contributed by atoms with Gasteiger partial charge >= 0.3 is 0 Å². The maximum Gasteiger partial charge on any atom is 0.252 e. The lowest BCUT2D eigenvalue weighted by atomic mass is 9.98. The Labute approximate surface area is 200 Å². The highest BCUT2D eigenvalue weighted by Crippen LogP contribution is 2.29. The van der Waals surface area contributed by atoms with Crippen LogP contribution in [0.4, 0.5) is 0 Å². The van der Waals surface area contributed by atoms with Crippen LogP contribution in [0.25, 0.3) is 11.1 Å². The van der Waals surface area contributed by atoms with Crippen molar-refractivity contribution in [2.24, 2.45) is 0 Å². The fourth-order valence-electron chi connectivity index (χ4n) is 3.66. The molecular weight excluding hydrogens is 430 g/mol. The van der Waals surface area contributed by atoms with E-state index in [0.29, 0.717) is 29.5 Å². The molecule has 1 N–H and O–H groups in total. The van der Waals surface area contributed by atoms with Crippen LogP contribution < -0.4 is 10.1 Å². The van der Waals surface area contributed by atoms with Gasteiger partial charge in [-0.25, -0.2) is 0 Å². The van der Waals surface area contributed by atoms with Crippen LogP contribution in [0.5, 0.6) is 5.75 Å². The van der Waals surface area contributed by atoms with Gasteiger partial charge in [0.15, 0.2) is 0 Å². The predicted octanol–water partition coefficient (Wildman–Crippen LogP) is 6.95. The predicted molar refractivity (Wildman–Crippen MR) is 135 cm³/mol. The maximum absolute atomic E-state index is 13.2. The van der Waals surface area contributed by atoms with E-state index in [4.69, 9.17) is 16.3 Å². The number of hydrogen-bond acceptors (Lipinski definition) is 2. The molecule has 0 unspecified atom stereocenters. The molecule has 1 amide bonds. The van der Waals surface area contributed by atoms with Gasteiger partial charge in [-0.2, -0.15) is 0 Å². The fourth-order valence-corrected chi connectivity index (χ4v) is 3.78. The third-order valence-electron chi connectivity index (χ3n) is 5.41. The lowest BCUT2D eigenvalue weighted by Gasteiger charge is -2.14. The minimum absolute atomic E-state index is 0.113. The second-order valence-corrected chi connectivity index (χ2v) is 8.27. The molecule has 0 heterocycles. The molecule has 4 heteroatoms. The molecule has 3 nitrogen and oxygen atoms in total. The Hall–Kier alpha value is -3.56. The standard InChI is InChI=1S/C29H26ClNO2/c30-25-15-13-24(14-16-25)27-18-17-26(33-21-23-10-5-2-6-11-23)20-28(27)29(32)31-19-7-12-22-8-3-1-4-9-22/h1-6,8-11,13-18,20H,7,12,19,21H2,(H,31,32). The average molecular weight is 456 g/mol. The summed E-state index contributed by atoms with van der Waals surface area (Å²) >= 11 is 6.06. The first kappa shape index (κ1) is 22.6. The van der Waals surface area contributed by atoms with Gasteiger partial charge in [0.05, 0.1) is 5.56 Å². The van der Waals surface area contributed by atoms with Crippen LogP contribution in [0.3, 0.4) is 0 Å². The number of amides is 1. The van der Waals surface area contributed by atoms with Gasteiger partial charge < -0.3 is 10.1 Å². The molecule has 0 spiro atoms. The van der Waals surface area contributed by atoms with Gasteiger partial charge in [-0.3, -0.25) is 4.79 Å². The van der Waals surface area contributed by atoms with Gasteiger partial charge in [0.25, 0.3) is 5.91 Å². The summed E-state index contributed by atoms with van der Waals surface area (Å²) in [4.78, 5) is 13.2. The number of carbonyl (C=O) groups excluding carboxylic acids is 1. The topological polar surface area (TPSA) is 38.3 Å². The molecule has 0 atom stereocenters. The van der Waals surface area contributed by atoms with Gasteiger partial charge in [-0.15, -0.1) is 0 Å². The van der Waals surface area contributed by atoms with Crippen molar-refractivity contribution >= 4 is 17.5 Å². The minimum Gasteiger partial charge on any atom is -0.489 e. The average Bonchev–Trinajstić information content (AvgIpc) is 2.87. The number of carbonyl (C=O) groups is 1. The zero-order valence-electron chi connectivity index (χ0n) is 18.3. The molecule has 0 aliphatic rings. The molecule has 0 saturated heterocycles. The molecule has 4 rings (SSSR count). The summed E-state index contributed by atoms with van der Waals surface area (Å²) in [5.74, 6) is 0.546. The van der Waals surface area contributed by atoms with E-state index in [1.165, 1.54) is 5.56 Å². The summed E-state index contributed by atoms with van der Waals surface area (Å²) < 4.78 is 5.98. The van der Waals surface area contributed by atoms with E-state index in [-0.39, 0.29) is 5.91 Å². The molecule has 0 aliphatic heterocycles. The van der Waals surface area contributed by atoms with Gasteiger partial charge in [0, 0.05) is 11.6 Å². The highest BCUT2D eigenvalue weighted by molar-refractivity contribution is 6.30. The Morgan fingerprint density at radius 2 is 1.45 bits per heavy atom. The van der Waals surface area contributed by atoms with Crippen molar-refractivity contribution in [2.75, 3.05) is 6.54 Å². The molecule has 0 radical (unpaired) electrons. The van der Waals surface area contributed by atoms with Gasteiger partial charge in [-0.05, 0) is 65.4 Å². The fraction of sp³-hybridized carbons (Fsp3) is 0.138. The number of nitrogens with one attached hydrogen (secondary N) is 1. The second kappa shape index (κ2) is 11.3. The molecule has 0 aromatic heterocycles. The molecular formula is C29H26ClNO2. The lowest BCUT2D eigenvalue weighted by Crippen LogP contribution is -2.25. The van der Waals surface area contributed by atoms with Crippen molar-refractivity contribution < 1.29 is 9.53 Å². The number of halogens is 1. The summed E-state index contributed by atoms with van der Waals surface area (Å²) in [5, 5.41) is 3.73. The third-order valence-corrected chi connectivity index (χ3v) is 5.66. The first-order valence-corrected chi connectivity index (χ1v) is 11.5. The van der Waals surface area contributed by atoms with Crippen molar-refractivity contribution in [1.82, 2.24) is 5.32 Å². The van der Waals surface area contributed by atoms with E-state index in [1.807, 2.05) is 91.0 Å². The van der Waals surface area contributed by atoms with E-state index in [9.17, 15) is 4.79 Å². The van der Waals surface area contributed by atoms with Crippen molar-refractivity contribution in [3.63, 3.8) is 0 Å². The smallest absolute Gasteiger partial charge is 0.252 e. The molecule has 4 aromatic carbocycles. The van der Waals surface area contributed by atoms with Crippen LogP contribution >= 0.6 is 11.6 Å². The van der Waals surface area contributed by atoms with Crippen LogP contribution in [0.15, 0.2) is 103 Å². The van der Waals surface area contributed by atoms with Crippen molar-refractivity contribution in [3.8, 4) is 16.9 Å². The van der Waals surface area contributed by atoms with Crippen LogP contribution in [-0.2, 0) is 13.0 Å². The number of aryl methyl sites for hydroxylation is 1. The largest absolute Gasteiger partial charge is 0.489 e. The monoisotopic (exact) mass is 455 g/mol. The zero-order valence-corrected chi connectivity index (χ0v) is 19.1. The SMILES string of the molecule is O=C(NCCCc1ccccc1)c1cc(OCc2ccccc2)ccc1-c1ccc(Cl)cc1. The molecule has 0 bridgehead atoms. The molecule has 0 saturated carbocycles. The van der Waals surface area contributed by atoms with E-state index < -0.39 is 0 Å². The number of ether oxygens (including phenoxy) is 1. The highest BCUT2D eigenvalue weighted by atomic mass is 35.5. The Bertz CT molecular complexity index is 1180. The molecule has 166 valence electrons. The van der Waals surface area contributed by atoms with E-state index >= 15 is 0 Å². The van der Waals surface area contributed by atoms with Gasteiger partial charge in [-0.1, -0.05) is 84.4 Å². The van der Waals surface area contributed by atoms with Crippen LogP contribution in [0.1, 0.15) is 27.9 Å². The lowest BCUT2D eigenvalue weighted by molar-refractivity contribution is 0.0953. The number of benzene rings is 4. The summed E-state index contributed by atoms with van der Waals surface area (Å²) in [5.41, 5.74) is 4.71. The number of hydrogen-bond donors (Lipinski definition) is 1. The van der Waals surface area contributed by atoms with Crippen molar-refractivity contribution in [3.05, 3.63) is 125 Å². The maximum atomic E-state index is 13.2. The molecule has 33 heavy (non-hydrogen) atoms. The Morgan fingerprint density at radius 1 is 0.788 bits per heavy atom. The van der Waals surface area contributed by atoms with Crippen LogP contribution in [0.2, 0.25) is 5.02 Å². The van der Waals surface area contributed by atoms with E-state index in [2.05, 4.69) is 17.4 Å². The summed E-state index contributed by atoms with van der Waals surface area (Å²) in [6.45, 7) is 1.04. The highest BCUT2D eigenvalue weighted by Gasteiger charge is 2.14. The first-order valence-electron chi connectivity index (χ1n) is 11.1. The second-order valence-electron chi connectivity index (χ2n) is 7.83. The summed E-state index contributed by atoms with van der Waals surface area (Å²) in [7, 11) is 0.